The zero-order valence-corrected chi connectivity index (χ0v) is 18.1. The predicted octanol–water partition coefficient (Wildman–Crippen LogP) is 4.11. The van der Waals surface area contributed by atoms with Gasteiger partial charge in [-0.3, -0.25) is 0 Å². The van der Waals surface area contributed by atoms with E-state index >= 15 is 0 Å². The zero-order valence-electron chi connectivity index (χ0n) is 18.1. The number of aliphatic hydroxyl groups excluding tert-OH is 1. The highest BCUT2D eigenvalue weighted by Gasteiger charge is 2.42. The van der Waals surface area contributed by atoms with E-state index in [4.69, 9.17) is 18.9 Å². The number of benzene rings is 2. The average molecular weight is 413 g/mol. The molecule has 2 aromatic carbocycles. The minimum atomic E-state index is -0.902. The summed E-state index contributed by atoms with van der Waals surface area (Å²) in [4.78, 5) is 0. The van der Waals surface area contributed by atoms with Gasteiger partial charge in [0.1, 0.15) is 11.9 Å². The van der Waals surface area contributed by atoms with Crippen molar-refractivity contribution in [3.63, 3.8) is 0 Å². The van der Waals surface area contributed by atoms with Gasteiger partial charge in [0, 0.05) is 25.5 Å². The van der Waals surface area contributed by atoms with Crippen LogP contribution in [0.5, 0.6) is 5.75 Å². The summed E-state index contributed by atoms with van der Waals surface area (Å²) in [6.07, 6.45) is 2.49. The molecule has 2 fully saturated rings. The van der Waals surface area contributed by atoms with Gasteiger partial charge in [-0.05, 0) is 61.6 Å². The maximum atomic E-state index is 10.3. The second-order valence-corrected chi connectivity index (χ2v) is 8.54. The van der Waals surface area contributed by atoms with Gasteiger partial charge in [0.05, 0.1) is 25.4 Å². The molecule has 2 aliphatic rings. The third-order valence-electron chi connectivity index (χ3n) is 6.13. The molecule has 4 unspecified atom stereocenters. The summed E-state index contributed by atoms with van der Waals surface area (Å²) in [5.41, 5.74) is 4.61. The largest absolute Gasteiger partial charge is 0.488 e. The van der Waals surface area contributed by atoms with Gasteiger partial charge in [-0.25, -0.2) is 0 Å². The number of aryl methyl sites for hydroxylation is 1. The SMILES string of the molecule is COC1(c2ccc(C)c(Cc3ccc(OC4CCOC4)cc3)c2)CC(O)CC(C)O1. The summed E-state index contributed by atoms with van der Waals surface area (Å²) in [5, 5.41) is 10.3. The summed E-state index contributed by atoms with van der Waals surface area (Å²) in [6, 6.07) is 14.6. The Balaban J connectivity index is 1.52. The number of aliphatic hydroxyl groups is 1. The molecular weight excluding hydrogens is 380 g/mol. The molecule has 2 heterocycles. The van der Waals surface area contributed by atoms with E-state index in [1.165, 1.54) is 16.7 Å². The summed E-state index contributed by atoms with van der Waals surface area (Å²) >= 11 is 0. The number of ether oxygens (including phenoxy) is 4. The first-order valence-electron chi connectivity index (χ1n) is 10.8. The molecule has 1 N–H and O–H groups in total. The first-order valence-corrected chi connectivity index (χ1v) is 10.8. The summed E-state index contributed by atoms with van der Waals surface area (Å²) in [7, 11) is 1.65. The molecule has 0 radical (unpaired) electrons. The molecule has 0 amide bonds. The molecule has 162 valence electrons. The van der Waals surface area contributed by atoms with E-state index in [1.54, 1.807) is 7.11 Å². The molecule has 4 atom stereocenters. The number of rotatable bonds is 6. The fourth-order valence-electron chi connectivity index (χ4n) is 4.44. The summed E-state index contributed by atoms with van der Waals surface area (Å²) in [5.74, 6) is -0.0164. The van der Waals surface area contributed by atoms with Gasteiger partial charge < -0.3 is 24.1 Å². The number of hydrogen-bond acceptors (Lipinski definition) is 5. The number of methoxy groups -OCH3 is 1. The van der Waals surface area contributed by atoms with Crippen molar-refractivity contribution < 1.29 is 24.1 Å². The molecule has 0 spiro atoms. The second kappa shape index (κ2) is 9.06. The lowest BCUT2D eigenvalue weighted by molar-refractivity contribution is -0.291. The van der Waals surface area contributed by atoms with Gasteiger partial charge in [0.2, 0.25) is 0 Å². The van der Waals surface area contributed by atoms with Crippen LogP contribution in [0.25, 0.3) is 0 Å². The minimum Gasteiger partial charge on any atom is -0.488 e. The third-order valence-corrected chi connectivity index (χ3v) is 6.13. The molecule has 2 aromatic rings. The van der Waals surface area contributed by atoms with E-state index in [0.29, 0.717) is 19.4 Å². The standard InChI is InChI=1S/C25H32O5/c1-17-4-7-21(25(27-3)15-22(26)12-18(2)30-25)14-20(17)13-19-5-8-23(9-6-19)29-24-10-11-28-16-24/h4-9,14,18,22,24,26H,10-13,15-16H2,1-3H3. The van der Waals surface area contributed by atoms with Crippen molar-refractivity contribution in [2.45, 2.75) is 63.6 Å². The molecule has 5 nitrogen and oxygen atoms in total. The van der Waals surface area contributed by atoms with Crippen molar-refractivity contribution in [2.24, 2.45) is 0 Å². The summed E-state index contributed by atoms with van der Waals surface area (Å²) < 4.78 is 23.4. The average Bonchev–Trinajstić information content (AvgIpc) is 3.23. The molecule has 0 bridgehead atoms. The fraction of sp³-hybridized carbons (Fsp3) is 0.520. The van der Waals surface area contributed by atoms with Crippen molar-refractivity contribution in [1.29, 1.82) is 0 Å². The molecule has 2 saturated heterocycles. The van der Waals surface area contributed by atoms with Crippen molar-refractivity contribution in [3.8, 4) is 5.75 Å². The molecule has 0 aliphatic carbocycles. The highest BCUT2D eigenvalue weighted by atomic mass is 16.7. The van der Waals surface area contributed by atoms with Crippen LogP contribution in [0.4, 0.5) is 0 Å². The van der Waals surface area contributed by atoms with Crippen molar-refractivity contribution in [3.05, 3.63) is 64.7 Å². The van der Waals surface area contributed by atoms with Crippen LogP contribution in [0, 0.1) is 6.92 Å². The predicted molar refractivity (Wildman–Crippen MR) is 115 cm³/mol. The normalized spacial score (nSPS) is 29.1. The lowest BCUT2D eigenvalue weighted by Gasteiger charge is -2.41. The van der Waals surface area contributed by atoms with E-state index in [-0.39, 0.29) is 12.2 Å². The van der Waals surface area contributed by atoms with Gasteiger partial charge in [-0.1, -0.05) is 24.3 Å². The molecule has 30 heavy (non-hydrogen) atoms. The first kappa shape index (κ1) is 21.3. The van der Waals surface area contributed by atoms with Gasteiger partial charge >= 0.3 is 0 Å². The Labute approximate surface area is 178 Å². The quantitative estimate of drug-likeness (QED) is 0.774. The fourth-order valence-corrected chi connectivity index (χ4v) is 4.44. The van der Waals surface area contributed by atoms with Crippen LogP contribution in [0.3, 0.4) is 0 Å². The van der Waals surface area contributed by atoms with Crippen molar-refractivity contribution in [1.82, 2.24) is 0 Å². The molecule has 5 heteroatoms. The Morgan fingerprint density at radius 1 is 1.17 bits per heavy atom. The lowest BCUT2D eigenvalue weighted by atomic mass is 9.89. The van der Waals surface area contributed by atoms with Gasteiger partial charge in [-0.15, -0.1) is 0 Å². The van der Waals surface area contributed by atoms with E-state index < -0.39 is 11.9 Å². The van der Waals surface area contributed by atoms with Crippen LogP contribution >= 0.6 is 0 Å². The smallest absolute Gasteiger partial charge is 0.197 e. The highest BCUT2D eigenvalue weighted by molar-refractivity contribution is 5.38. The Bertz CT molecular complexity index is 831. The first-order chi connectivity index (χ1) is 14.5. The van der Waals surface area contributed by atoms with E-state index in [0.717, 1.165) is 30.8 Å². The highest BCUT2D eigenvalue weighted by Crippen LogP contribution is 2.39. The monoisotopic (exact) mass is 412 g/mol. The minimum absolute atomic E-state index is 0.0590. The van der Waals surface area contributed by atoms with Crippen LogP contribution in [-0.4, -0.2) is 43.7 Å². The van der Waals surface area contributed by atoms with Crippen molar-refractivity contribution in [2.75, 3.05) is 20.3 Å². The molecule has 4 rings (SSSR count). The van der Waals surface area contributed by atoms with Crippen LogP contribution in [0.2, 0.25) is 0 Å². The van der Waals surface area contributed by atoms with Crippen LogP contribution in [-0.2, 0) is 26.4 Å². The Kier molecular flexibility index (Phi) is 6.44. The van der Waals surface area contributed by atoms with Gasteiger partial charge in [-0.2, -0.15) is 0 Å². The van der Waals surface area contributed by atoms with Crippen LogP contribution in [0.15, 0.2) is 42.5 Å². The van der Waals surface area contributed by atoms with Crippen molar-refractivity contribution >= 4 is 0 Å². The Morgan fingerprint density at radius 2 is 1.97 bits per heavy atom. The Hall–Kier alpha value is -1.92. The molecule has 2 aliphatic heterocycles. The molecular formula is C25H32O5. The molecule has 0 saturated carbocycles. The van der Waals surface area contributed by atoms with E-state index in [1.807, 2.05) is 25.1 Å². The van der Waals surface area contributed by atoms with Crippen LogP contribution in [0.1, 0.15) is 48.4 Å². The lowest BCUT2D eigenvalue weighted by Crippen LogP contribution is -2.44. The summed E-state index contributed by atoms with van der Waals surface area (Å²) in [6.45, 7) is 5.55. The maximum absolute atomic E-state index is 10.3. The van der Waals surface area contributed by atoms with E-state index in [2.05, 4.69) is 31.2 Å². The van der Waals surface area contributed by atoms with E-state index in [9.17, 15) is 5.11 Å². The Morgan fingerprint density at radius 3 is 2.63 bits per heavy atom. The molecule has 0 aromatic heterocycles. The topological polar surface area (TPSA) is 57.2 Å². The number of hydrogen-bond donors (Lipinski definition) is 1. The van der Waals surface area contributed by atoms with Crippen LogP contribution < -0.4 is 4.74 Å². The van der Waals surface area contributed by atoms with Gasteiger partial charge in [0.25, 0.3) is 0 Å². The zero-order chi connectivity index (χ0) is 21.1. The third kappa shape index (κ3) is 4.70. The van der Waals surface area contributed by atoms with Gasteiger partial charge in [0.15, 0.2) is 5.79 Å². The second-order valence-electron chi connectivity index (χ2n) is 8.54. The maximum Gasteiger partial charge on any atom is 0.197 e.